The monoisotopic (exact) mass is 540 g/mol. The summed E-state index contributed by atoms with van der Waals surface area (Å²) >= 11 is 0. The van der Waals surface area contributed by atoms with Gasteiger partial charge in [0.2, 0.25) is 11.8 Å². The molecule has 11 heteroatoms. The number of nitrogens with one attached hydrogen (secondary N) is 3. The number of hydrogen-bond acceptors (Lipinski definition) is 8. The number of pyridine rings is 1. The molecule has 1 aliphatic carbocycles. The Morgan fingerprint density at radius 3 is 2.33 bits per heavy atom. The highest BCUT2D eigenvalue weighted by Crippen LogP contribution is 2.32. The Bertz CT molecular complexity index is 1140. The largest absolute Gasteiger partial charge is 0.505 e. The fourth-order valence-corrected chi connectivity index (χ4v) is 4.31. The highest BCUT2D eigenvalue weighted by atomic mass is 16.5. The van der Waals surface area contributed by atoms with Gasteiger partial charge in [0.25, 0.3) is 12.4 Å². The Hall–Kier alpha value is -3.99. The summed E-state index contributed by atoms with van der Waals surface area (Å²) in [5.41, 5.74) is 0.488. The molecule has 1 heterocycles. The summed E-state index contributed by atoms with van der Waals surface area (Å²) in [6.07, 6.45) is 1.21. The van der Waals surface area contributed by atoms with Crippen molar-refractivity contribution in [1.29, 1.82) is 0 Å². The maximum Gasteiger partial charge on any atom is 0.293 e. The number of amides is 3. The first-order valence-electron chi connectivity index (χ1n) is 13.0. The van der Waals surface area contributed by atoms with Crippen molar-refractivity contribution in [2.24, 2.45) is 11.8 Å². The third-order valence-corrected chi connectivity index (χ3v) is 6.97. The van der Waals surface area contributed by atoms with Gasteiger partial charge in [-0.2, -0.15) is 0 Å². The van der Waals surface area contributed by atoms with E-state index in [0.717, 1.165) is 18.4 Å². The van der Waals surface area contributed by atoms with Gasteiger partial charge in [-0.05, 0) is 56.7 Å². The number of carbonyl (C=O) groups is 4. The third-order valence-electron chi connectivity index (χ3n) is 6.97. The second kappa shape index (κ2) is 13.7. The van der Waals surface area contributed by atoms with Crippen molar-refractivity contribution >= 4 is 24.2 Å². The zero-order valence-electron chi connectivity index (χ0n) is 22.2. The van der Waals surface area contributed by atoms with Crippen molar-refractivity contribution in [3.63, 3.8) is 0 Å². The number of aliphatic hydroxyl groups is 1. The maximum absolute atomic E-state index is 13.5. The van der Waals surface area contributed by atoms with Crippen LogP contribution >= 0.6 is 0 Å². The van der Waals surface area contributed by atoms with Gasteiger partial charge in [-0.3, -0.25) is 19.2 Å². The zero-order valence-corrected chi connectivity index (χ0v) is 22.2. The van der Waals surface area contributed by atoms with Gasteiger partial charge in [0, 0.05) is 12.2 Å². The molecule has 1 saturated carbocycles. The van der Waals surface area contributed by atoms with Crippen LogP contribution in [-0.2, 0) is 25.5 Å². The summed E-state index contributed by atoms with van der Waals surface area (Å²) in [5, 5.41) is 29.4. The number of ether oxygens (including phenoxy) is 1. The van der Waals surface area contributed by atoms with Crippen molar-refractivity contribution in [2.75, 3.05) is 0 Å². The Kier molecular flexibility index (Phi) is 10.4. The number of aliphatic hydroxyl groups excluding tert-OH is 1. The van der Waals surface area contributed by atoms with Crippen molar-refractivity contribution < 1.29 is 34.1 Å². The molecule has 6 unspecified atom stereocenters. The summed E-state index contributed by atoms with van der Waals surface area (Å²) in [6, 6.07) is 9.49. The fourth-order valence-electron chi connectivity index (χ4n) is 4.31. The van der Waals surface area contributed by atoms with E-state index in [9.17, 15) is 29.4 Å². The standard InChI is InChI=1S/C28H36N4O7/c1-16(26(36)30-17(2)20-11-12-20)25(35)21(14-19-8-5-4-6-9-19)31-27(37)23(18(3)39-15-33)32-28(38)24-22(34)10-7-13-29-24/h4-10,13,15-18,20-21,23,25,34-35H,11-12,14H2,1-3H3,(H,30,36)(H,31,37)(H,32,38). The van der Waals surface area contributed by atoms with Crippen LogP contribution in [0.2, 0.25) is 0 Å². The molecule has 11 nitrogen and oxygen atoms in total. The number of hydrogen-bond donors (Lipinski definition) is 5. The van der Waals surface area contributed by atoms with Gasteiger partial charge in [-0.15, -0.1) is 0 Å². The normalized spacial score (nSPS) is 17.4. The van der Waals surface area contributed by atoms with E-state index in [1.165, 1.54) is 25.3 Å². The molecule has 0 spiro atoms. The van der Waals surface area contributed by atoms with Gasteiger partial charge in [-0.25, -0.2) is 4.98 Å². The van der Waals surface area contributed by atoms with E-state index >= 15 is 0 Å². The summed E-state index contributed by atoms with van der Waals surface area (Å²) in [6.45, 7) is 5.08. The van der Waals surface area contributed by atoms with Crippen molar-refractivity contribution in [3.8, 4) is 5.75 Å². The van der Waals surface area contributed by atoms with E-state index in [4.69, 9.17) is 4.74 Å². The summed E-state index contributed by atoms with van der Waals surface area (Å²) in [7, 11) is 0. The van der Waals surface area contributed by atoms with Gasteiger partial charge in [0.1, 0.15) is 17.9 Å². The molecule has 39 heavy (non-hydrogen) atoms. The van der Waals surface area contributed by atoms with E-state index in [0.29, 0.717) is 5.92 Å². The number of rotatable bonds is 14. The summed E-state index contributed by atoms with van der Waals surface area (Å²) in [4.78, 5) is 54.0. The van der Waals surface area contributed by atoms with E-state index in [-0.39, 0.29) is 30.5 Å². The Balaban J connectivity index is 1.81. The predicted molar refractivity (Wildman–Crippen MR) is 141 cm³/mol. The summed E-state index contributed by atoms with van der Waals surface area (Å²) in [5.74, 6) is -2.77. The molecule has 3 amide bonds. The van der Waals surface area contributed by atoms with Crippen LogP contribution < -0.4 is 16.0 Å². The molecular formula is C28H36N4O7. The molecule has 0 aliphatic heterocycles. The number of aromatic hydroxyl groups is 1. The minimum absolute atomic E-state index is 0.0155. The Morgan fingerprint density at radius 1 is 1.03 bits per heavy atom. The first kappa shape index (κ1) is 29.6. The minimum Gasteiger partial charge on any atom is -0.505 e. The molecule has 0 saturated heterocycles. The van der Waals surface area contributed by atoms with Crippen LogP contribution in [0.1, 0.15) is 49.7 Å². The molecule has 2 aromatic rings. The molecular weight excluding hydrogens is 504 g/mol. The van der Waals surface area contributed by atoms with Gasteiger partial charge in [0.05, 0.1) is 18.1 Å². The second-order valence-electron chi connectivity index (χ2n) is 9.98. The molecule has 1 aliphatic rings. The van der Waals surface area contributed by atoms with Crippen molar-refractivity contribution in [2.45, 2.75) is 70.4 Å². The predicted octanol–water partition coefficient (Wildman–Crippen LogP) is 1.09. The first-order chi connectivity index (χ1) is 18.6. The SMILES string of the molecule is CC(NC(=O)C(C)C(O)C(Cc1ccccc1)NC(=O)C(NC(=O)c1ncccc1O)C(C)OC=O)C1CC1. The molecule has 0 bridgehead atoms. The van der Waals surface area contributed by atoms with Crippen molar-refractivity contribution in [1.82, 2.24) is 20.9 Å². The number of carbonyl (C=O) groups excluding carboxylic acids is 4. The average Bonchev–Trinajstić information content (AvgIpc) is 3.77. The third kappa shape index (κ3) is 8.25. The van der Waals surface area contributed by atoms with Crippen LogP contribution in [-0.4, -0.2) is 69.7 Å². The van der Waals surface area contributed by atoms with Gasteiger partial charge < -0.3 is 30.9 Å². The van der Waals surface area contributed by atoms with Crippen LogP contribution in [0.15, 0.2) is 48.7 Å². The smallest absolute Gasteiger partial charge is 0.293 e. The van der Waals surface area contributed by atoms with Crippen LogP contribution in [0, 0.1) is 11.8 Å². The minimum atomic E-state index is -1.39. The van der Waals surface area contributed by atoms with E-state index < -0.39 is 47.8 Å². The van der Waals surface area contributed by atoms with E-state index in [1.54, 1.807) is 6.92 Å². The molecule has 6 atom stereocenters. The highest BCUT2D eigenvalue weighted by molar-refractivity contribution is 5.98. The Labute approximate surface area is 227 Å². The molecule has 1 fully saturated rings. The van der Waals surface area contributed by atoms with Gasteiger partial charge in [-0.1, -0.05) is 37.3 Å². The molecule has 210 valence electrons. The zero-order chi connectivity index (χ0) is 28.5. The molecule has 0 radical (unpaired) electrons. The number of benzene rings is 1. The Morgan fingerprint density at radius 2 is 1.72 bits per heavy atom. The lowest BCUT2D eigenvalue weighted by atomic mass is 9.91. The fraction of sp³-hybridized carbons (Fsp3) is 0.464. The lowest BCUT2D eigenvalue weighted by molar-refractivity contribution is -0.139. The van der Waals surface area contributed by atoms with E-state index in [2.05, 4.69) is 20.9 Å². The summed E-state index contributed by atoms with van der Waals surface area (Å²) < 4.78 is 4.94. The highest BCUT2D eigenvalue weighted by Gasteiger charge is 2.37. The molecule has 3 rings (SSSR count). The molecule has 5 N–H and O–H groups in total. The maximum atomic E-state index is 13.5. The lowest BCUT2D eigenvalue weighted by Gasteiger charge is -2.31. The van der Waals surface area contributed by atoms with Crippen molar-refractivity contribution in [3.05, 3.63) is 59.9 Å². The first-order valence-corrected chi connectivity index (χ1v) is 13.0. The lowest BCUT2D eigenvalue weighted by Crippen LogP contribution is -2.58. The second-order valence-corrected chi connectivity index (χ2v) is 9.98. The van der Waals surface area contributed by atoms with Gasteiger partial charge in [0.15, 0.2) is 5.69 Å². The van der Waals surface area contributed by atoms with Crippen LogP contribution in [0.5, 0.6) is 5.75 Å². The average molecular weight is 541 g/mol. The molecule has 1 aromatic heterocycles. The van der Waals surface area contributed by atoms with Crippen LogP contribution in [0.4, 0.5) is 0 Å². The molecule has 1 aromatic carbocycles. The van der Waals surface area contributed by atoms with Crippen LogP contribution in [0.3, 0.4) is 0 Å². The number of aromatic nitrogens is 1. The topological polar surface area (TPSA) is 167 Å². The van der Waals surface area contributed by atoms with E-state index in [1.807, 2.05) is 37.3 Å². The van der Waals surface area contributed by atoms with Crippen LogP contribution in [0.25, 0.3) is 0 Å². The van der Waals surface area contributed by atoms with Gasteiger partial charge >= 0.3 is 0 Å². The number of nitrogens with zero attached hydrogens (tertiary/aromatic N) is 1. The quantitative estimate of drug-likeness (QED) is 0.222.